The Kier molecular flexibility index (Phi) is 3.97. The quantitative estimate of drug-likeness (QED) is 0.864. The highest BCUT2D eigenvalue weighted by atomic mass is 15.3. The molecule has 114 valence electrons. The summed E-state index contributed by atoms with van der Waals surface area (Å²) in [6.45, 7) is 7.17. The molecule has 4 rings (SSSR count). The van der Waals surface area contributed by atoms with Crippen LogP contribution in [0.5, 0.6) is 0 Å². The number of piperazine rings is 1. The van der Waals surface area contributed by atoms with Crippen LogP contribution in [0, 0.1) is 0 Å². The second kappa shape index (κ2) is 6.07. The molecule has 1 aliphatic heterocycles. The number of rotatable bonds is 6. The largest absolute Gasteiger partial charge is 0.310 e. The van der Waals surface area contributed by atoms with Gasteiger partial charge in [-0.2, -0.15) is 0 Å². The lowest BCUT2D eigenvalue weighted by Crippen LogP contribution is -2.46. The number of hydrogen-bond donors (Lipinski definition) is 1. The van der Waals surface area contributed by atoms with E-state index in [1.165, 1.54) is 63.0 Å². The normalized spacial score (nSPS) is 24.4. The fourth-order valence-electron chi connectivity index (χ4n) is 3.37. The Morgan fingerprint density at radius 3 is 2.43 bits per heavy atom. The molecule has 0 bridgehead atoms. The summed E-state index contributed by atoms with van der Waals surface area (Å²) < 4.78 is 0. The minimum absolute atomic E-state index is 0.796. The molecule has 0 atom stereocenters. The number of benzene rings is 1. The highest BCUT2D eigenvalue weighted by molar-refractivity contribution is 5.23. The summed E-state index contributed by atoms with van der Waals surface area (Å²) >= 11 is 0. The van der Waals surface area contributed by atoms with Crippen LogP contribution in [0.25, 0.3) is 0 Å². The summed E-state index contributed by atoms with van der Waals surface area (Å²) in [5.41, 5.74) is 2.92. The third-order valence-electron chi connectivity index (χ3n) is 5.04. The third-order valence-corrected chi connectivity index (χ3v) is 5.04. The second-order valence-electron chi connectivity index (χ2n) is 7.02. The average Bonchev–Trinajstić information content (AvgIpc) is 3.40. The molecule has 1 aromatic rings. The van der Waals surface area contributed by atoms with E-state index in [0.29, 0.717) is 0 Å². The third kappa shape index (κ3) is 3.85. The standard InChI is InChI=1S/C18H27N3/c1-2-15(13-19-17-4-5-17)12-16(3-1)14-20-8-10-21(11-9-20)18-6-7-18/h1-3,12,17-19H,4-11,13-14H2. The van der Waals surface area contributed by atoms with Gasteiger partial charge in [0.15, 0.2) is 0 Å². The van der Waals surface area contributed by atoms with E-state index >= 15 is 0 Å². The van der Waals surface area contributed by atoms with Crippen molar-refractivity contribution >= 4 is 0 Å². The predicted molar refractivity (Wildman–Crippen MR) is 86.2 cm³/mol. The maximum absolute atomic E-state index is 3.61. The van der Waals surface area contributed by atoms with Gasteiger partial charge in [0.05, 0.1) is 0 Å². The molecule has 3 nitrogen and oxygen atoms in total. The first kappa shape index (κ1) is 13.7. The zero-order valence-corrected chi connectivity index (χ0v) is 12.9. The van der Waals surface area contributed by atoms with Crippen molar-refractivity contribution < 1.29 is 0 Å². The van der Waals surface area contributed by atoms with E-state index in [2.05, 4.69) is 39.4 Å². The Bertz CT molecular complexity index is 471. The highest BCUT2D eigenvalue weighted by Crippen LogP contribution is 2.27. The maximum atomic E-state index is 3.61. The summed E-state index contributed by atoms with van der Waals surface area (Å²) in [7, 11) is 0. The average molecular weight is 285 g/mol. The van der Waals surface area contributed by atoms with Gasteiger partial charge in [-0.1, -0.05) is 24.3 Å². The van der Waals surface area contributed by atoms with Crippen LogP contribution >= 0.6 is 0 Å². The number of nitrogens with one attached hydrogen (secondary N) is 1. The van der Waals surface area contributed by atoms with Crippen LogP contribution in [0.15, 0.2) is 24.3 Å². The second-order valence-corrected chi connectivity index (χ2v) is 7.02. The zero-order valence-electron chi connectivity index (χ0n) is 12.9. The Morgan fingerprint density at radius 2 is 1.71 bits per heavy atom. The number of nitrogens with zero attached hydrogens (tertiary/aromatic N) is 2. The van der Waals surface area contributed by atoms with Crippen molar-refractivity contribution in [3.63, 3.8) is 0 Å². The summed E-state index contributed by atoms with van der Waals surface area (Å²) in [4.78, 5) is 5.30. The van der Waals surface area contributed by atoms with Crippen molar-refractivity contribution in [2.45, 2.75) is 50.9 Å². The van der Waals surface area contributed by atoms with Crippen molar-refractivity contribution in [3.05, 3.63) is 35.4 Å². The van der Waals surface area contributed by atoms with Crippen molar-refractivity contribution in [1.82, 2.24) is 15.1 Å². The van der Waals surface area contributed by atoms with Crippen LogP contribution < -0.4 is 5.32 Å². The molecule has 0 spiro atoms. The van der Waals surface area contributed by atoms with Crippen molar-refractivity contribution in [2.24, 2.45) is 0 Å². The summed E-state index contributed by atoms with van der Waals surface area (Å²) in [5, 5.41) is 3.61. The molecule has 1 saturated heterocycles. The highest BCUT2D eigenvalue weighted by Gasteiger charge is 2.31. The number of hydrogen-bond acceptors (Lipinski definition) is 3. The lowest BCUT2D eigenvalue weighted by Gasteiger charge is -2.34. The van der Waals surface area contributed by atoms with Crippen LogP contribution in [0.3, 0.4) is 0 Å². The van der Waals surface area contributed by atoms with Gasteiger partial charge in [0.1, 0.15) is 0 Å². The van der Waals surface area contributed by atoms with E-state index in [1.54, 1.807) is 0 Å². The molecule has 1 aromatic carbocycles. The van der Waals surface area contributed by atoms with Crippen LogP contribution in [0.2, 0.25) is 0 Å². The molecule has 0 aromatic heterocycles. The smallest absolute Gasteiger partial charge is 0.0234 e. The van der Waals surface area contributed by atoms with Gasteiger partial charge in [-0.15, -0.1) is 0 Å². The summed E-state index contributed by atoms with van der Waals surface area (Å²) in [5.74, 6) is 0. The van der Waals surface area contributed by atoms with Crippen LogP contribution in [-0.4, -0.2) is 48.1 Å². The first-order valence-corrected chi connectivity index (χ1v) is 8.64. The fourth-order valence-corrected chi connectivity index (χ4v) is 3.37. The van der Waals surface area contributed by atoms with Gasteiger partial charge in [0.25, 0.3) is 0 Å². The molecule has 0 amide bonds. The first-order valence-electron chi connectivity index (χ1n) is 8.64. The molecule has 0 radical (unpaired) electrons. The minimum Gasteiger partial charge on any atom is -0.310 e. The van der Waals surface area contributed by atoms with Gasteiger partial charge < -0.3 is 5.32 Å². The van der Waals surface area contributed by atoms with Gasteiger partial charge in [0, 0.05) is 51.4 Å². The molecular formula is C18H27N3. The van der Waals surface area contributed by atoms with Crippen molar-refractivity contribution in [1.29, 1.82) is 0 Å². The van der Waals surface area contributed by atoms with Gasteiger partial charge in [-0.3, -0.25) is 9.80 Å². The lowest BCUT2D eigenvalue weighted by atomic mass is 10.1. The molecule has 1 N–H and O–H groups in total. The molecule has 1 heterocycles. The van der Waals surface area contributed by atoms with Crippen LogP contribution in [0.4, 0.5) is 0 Å². The van der Waals surface area contributed by atoms with Crippen molar-refractivity contribution in [3.8, 4) is 0 Å². The van der Waals surface area contributed by atoms with E-state index in [0.717, 1.165) is 25.2 Å². The van der Waals surface area contributed by atoms with Gasteiger partial charge in [-0.05, 0) is 36.8 Å². The van der Waals surface area contributed by atoms with Crippen molar-refractivity contribution in [2.75, 3.05) is 26.2 Å². The molecule has 2 aliphatic carbocycles. The van der Waals surface area contributed by atoms with Crippen LogP contribution in [-0.2, 0) is 13.1 Å². The molecule has 3 heteroatoms. The Morgan fingerprint density at radius 1 is 0.952 bits per heavy atom. The van der Waals surface area contributed by atoms with Crippen LogP contribution in [0.1, 0.15) is 36.8 Å². The zero-order chi connectivity index (χ0) is 14.1. The molecule has 3 aliphatic rings. The van der Waals surface area contributed by atoms with E-state index in [9.17, 15) is 0 Å². The van der Waals surface area contributed by atoms with E-state index < -0.39 is 0 Å². The Balaban J connectivity index is 1.28. The first-order chi connectivity index (χ1) is 10.4. The predicted octanol–water partition coefficient (Wildman–Crippen LogP) is 2.22. The minimum atomic E-state index is 0.796. The van der Waals surface area contributed by atoms with Gasteiger partial charge >= 0.3 is 0 Å². The molecular weight excluding hydrogens is 258 g/mol. The van der Waals surface area contributed by atoms with Gasteiger partial charge in [-0.25, -0.2) is 0 Å². The van der Waals surface area contributed by atoms with E-state index in [4.69, 9.17) is 0 Å². The van der Waals surface area contributed by atoms with E-state index in [-0.39, 0.29) is 0 Å². The monoisotopic (exact) mass is 285 g/mol. The molecule has 0 unspecified atom stereocenters. The summed E-state index contributed by atoms with van der Waals surface area (Å²) in [6.07, 6.45) is 5.61. The lowest BCUT2D eigenvalue weighted by molar-refractivity contribution is 0.121. The Hall–Kier alpha value is -0.900. The maximum Gasteiger partial charge on any atom is 0.0234 e. The van der Waals surface area contributed by atoms with E-state index in [1.807, 2.05) is 0 Å². The fraction of sp³-hybridized carbons (Fsp3) is 0.667. The summed E-state index contributed by atoms with van der Waals surface area (Å²) in [6, 6.07) is 10.9. The molecule has 2 saturated carbocycles. The van der Waals surface area contributed by atoms with Gasteiger partial charge in [0.2, 0.25) is 0 Å². The molecule has 3 fully saturated rings. The SMILES string of the molecule is c1cc(CNC2CC2)cc(CN2CCN(C3CC3)CC2)c1. The topological polar surface area (TPSA) is 18.5 Å². The molecule has 21 heavy (non-hydrogen) atoms. The Labute approximate surface area is 128 Å².